The summed E-state index contributed by atoms with van der Waals surface area (Å²) in [5, 5.41) is 11.8. The van der Waals surface area contributed by atoms with Crippen molar-refractivity contribution in [1.82, 2.24) is 0 Å². The second-order valence-corrected chi connectivity index (χ2v) is 1.60. The fraction of sp³-hybridized carbons (Fsp3) is 0. The van der Waals surface area contributed by atoms with Gasteiger partial charge in [0, 0.05) is 0 Å². The Bertz CT molecular complexity index is 227. The monoisotopic (exact) mass is 139 g/mol. The quantitative estimate of drug-likeness (QED) is 0.576. The number of oxime groups is 1. The van der Waals surface area contributed by atoms with E-state index >= 15 is 0 Å². The van der Waals surface area contributed by atoms with Crippen molar-refractivity contribution in [3.05, 3.63) is 24.0 Å². The Hall–Kier alpha value is -1.58. The molecule has 4 nitrogen and oxygen atoms in total. The molecule has 1 N–H and O–H groups in total. The topological polar surface area (TPSA) is 58.9 Å². The first-order valence-corrected chi connectivity index (χ1v) is 2.60. The summed E-state index contributed by atoms with van der Waals surface area (Å²) in [5.41, 5.74) is 0.0810. The maximum Gasteiger partial charge on any atom is 0.338 e. The number of carboxylic acids is 1. The van der Waals surface area contributed by atoms with Crippen molar-refractivity contribution in [1.29, 1.82) is 0 Å². The molecule has 0 aromatic rings. The Morgan fingerprint density at radius 3 is 3.20 bits per heavy atom. The minimum Gasteiger partial charge on any atom is -0.478 e. The van der Waals surface area contributed by atoms with Crippen LogP contribution in [0.5, 0.6) is 0 Å². The maximum atomic E-state index is 10.3. The molecular formula is C6H5NO3. The lowest BCUT2D eigenvalue weighted by atomic mass is 10.3. The molecule has 0 aliphatic carbocycles. The van der Waals surface area contributed by atoms with Gasteiger partial charge in [0.25, 0.3) is 0 Å². The predicted molar refractivity (Wildman–Crippen MR) is 34.4 cm³/mol. The molecule has 0 unspecified atom stereocenters. The molecule has 52 valence electrons. The van der Waals surface area contributed by atoms with Crippen molar-refractivity contribution in [3.8, 4) is 0 Å². The molecule has 4 heteroatoms. The summed E-state index contributed by atoms with van der Waals surface area (Å²) in [7, 11) is 0. The predicted octanol–water partition coefficient (Wildman–Crippen LogP) is 0.527. The van der Waals surface area contributed by atoms with E-state index in [0.717, 1.165) is 6.26 Å². The third-order valence-corrected chi connectivity index (χ3v) is 0.910. The third kappa shape index (κ3) is 1.45. The van der Waals surface area contributed by atoms with Crippen LogP contribution in [-0.4, -0.2) is 17.3 Å². The Morgan fingerprint density at radius 2 is 2.50 bits per heavy atom. The molecule has 0 saturated carbocycles. The second-order valence-electron chi connectivity index (χ2n) is 1.60. The average Bonchev–Trinajstić information content (AvgIpc) is 2.12. The average molecular weight is 139 g/mol. The van der Waals surface area contributed by atoms with Crippen molar-refractivity contribution < 1.29 is 14.7 Å². The lowest BCUT2D eigenvalue weighted by Crippen LogP contribution is -1.96. The number of rotatable bonds is 1. The van der Waals surface area contributed by atoms with E-state index in [1.165, 1.54) is 18.4 Å². The largest absolute Gasteiger partial charge is 0.478 e. The van der Waals surface area contributed by atoms with E-state index in [0.29, 0.717) is 0 Å². The zero-order valence-corrected chi connectivity index (χ0v) is 5.02. The molecule has 1 aliphatic heterocycles. The van der Waals surface area contributed by atoms with Gasteiger partial charge in [0.2, 0.25) is 0 Å². The molecule has 1 rings (SSSR count). The summed E-state index contributed by atoms with van der Waals surface area (Å²) in [6, 6.07) is 0. The summed E-state index contributed by atoms with van der Waals surface area (Å²) in [4.78, 5) is 14.7. The standard InChI is InChI=1S/C6H5NO3/c8-6(9)5-2-1-3-7-10-4-5/h1-4H,(H,8,9). The molecular weight excluding hydrogens is 134 g/mol. The Labute approximate surface area is 57.1 Å². The van der Waals surface area contributed by atoms with Crippen molar-refractivity contribution in [3.63, 3.8) is 0 Å². The molecule has 0 radical (unpaired) electrons. The number of allylic oxidation sites excluding steroid dienone is 1. The third-order valence-electron chi connectivity index (χ3n) is 0.910. The van der Waals surface area contributed by atoms with Crippen molar-refractivity contribution in [2.45, 2.75) is 0 Å². The van der Waals surface area contributed by atoms with E-state index in [1.54, 1.807) is 0 Å². The molecule has 0 amide bonds. The van der Waals surface area contributed by atoms with Crippen LogP contribution in [0.15, 0.2) is 29.1 Å². The van der Waals surface area contributed by atoms with Crippen molar-refractivity contribution in [2.24, 2.45) is 5.16 Å². The van der Waals surface area contributed by atoms with Crippen LogP contribution < -0.4 is 0 Å². The highest BCUT2D eigenvalue weighted by Crippen LogP contribution is 1.99. The fourth-order valence-corrected chi connectivity index (χ4v) is 0.465. The number of hydrogen-bond donors (Lipinski definition) is 1. The molecule has 0 atom stereocenters. The van der Waals surface area contributed by atoms with Crippen LogP contribution in [-0.2, 0) is 9.63 Å². The van der Waals surface area contributed by atoms with Gasteiger partial charge in [-0.2, -0.15) is 0 Å². The molecule has 1 heterocycles. The van der Waals surface area contributed by atoms with Gasteiger partial charge < -0.3 is 9.94 Å². The fourth-order valence-electron chi connectivity index (χ4n) is 0.465. The minimum absolute atomic E-state index is 0.0810. The van der Waals surface area contributed by atoms with Crippen LogP contribution in [0.25, 0.3) is 0 Å². The van der Waals surface area contributed by atoms with Crippen molar-refractivity contribution >= 4 is 12.2 Å². The summed E-state index contributed by atoms with van der Waals surface area (Å²) in [6.07, 6.45) is 5.33. The van der Waals surface area contributed by atoms with Gasteiger partial charge >= 0.3 is 5.97 Å². The molecule has 0 aromatic carbocycles. The molecule has 0 aromatic heterocycles. The zero-order chi connectivity index (χ0) is 7.40. The van der Waals surface area contributed by atoms with Gasteiger partial charge in [0.15, 0.2) is 0 Å². The normalized spacial score (nSPS) is 15.4. The van der Waals surface area contributed by atoms with Crippen LogP contribution in [0.4, 0.5) is 0 Å². The van der Waals surface area contributed by atoms with E-state index in [2.05, 4.69) is 9.99 Å². The zero-order valence-electron chi connectivity index (χ0n) is 5.02. The highest BCUT2D eigenvalue weighted by atomic mass is 16.6. The van der Waals surface area contributed by atoms with E-state index in [9.17, 15) is 4.79 Å². The van der Waals surface area contributed by atoms with E-state index in [-0.39, 0.29) is 5.57 Å². The first-order valence-electron chi connectivity index (χ1n) is 2.60. The lowest BCUT2D eigenvalue weighted by Gasteiger charge is -1.88. The SMILES string of the molecule is O=C(O)C1=CON=CC=C1. The smallest absolute Gasteiger partial charge is 0.338 e. The number of aliphatic carboxylic acids is 1. The van der Waals surface area contributed by atoms with E-state index < -0.39 is 5.97 Å². The number of carbonyl (C=O) groups is 1. The first kappa shape index (κ1) is 6.54. The number of carboxylic acid groups (broad SMARTS) is 1. The molecule has 0 saturated heterocycles. The van der Waals surface area contributed by atoms with Crippen molar-refractivity contribution in [2.75, 3.05) is 0 Å². The van der Waals surface area contributed by atoms with Crippen LogP contribution in [0.1, 0.15) is 0 Å². The molecule has 1 aliphatic rings. The summed E-state index contributed by atoms with van der Waals surface area (Å²) in [5.74, 6) is -1.03. The van der Waals surface area contributed by atoms with Crippen LogP contribution in [0, 0.1) is 0 Å². The van der Waals surface area contributed by atoms with Gasteiger partial charge in [-0.3, -0.25) is 0 Å². The van der Waals surface area contributed by atoms with Gasteiger partial charge in [-0.05, 0) is 12.2 Å². The van der Waals surface area contributed by atoms with Gasteiger partial charge in [-0.15, -0.1) is 0 Å². The number of hydrogen-bond acceptors (Lipinski definition) is 3. The van der Waals surface area contributed by atoms with Gasteiger partial charge in [-0.25, -0.2) is 4.79 Å². The maximum absolute atomic E-state index is 10.3. The highest BCUT2D eigenvalue weighted by Gasteiger charge is 2.03. The van der Waals surface area contributed by atoms with Gasteiger partial charge in [-0.1, -0.05) is 5.16 Å². The summed E-state index contributed by atoms with van der Waals surface area (Å²) >= 11 is 0. The van der Waals surface area contributed by atoms with Crippen LogP contribution in [0.2, 0.25) is 0 Å². The lowest BCUT2D eigenvalue weighted by molar-refractivity contribution is -0.132. The Balaban J connectivity index is 2.78. The Morgan fingerprint density at radius 1 is 1.70 bits per heavy atom. The minimum atomic E-state index is -1.03. The van der Waals surface area contributed by atoms with Gasteiger partial charge in [0.05, 0.1) is 11.8 Å². The van der Waals surface area contributed by atoms with Crippen LogP contribution >= 0.6 is 0 Å². The molecule has 0 bridgehead atoms. The van der Waals surface area contributed by atoms with E-state index in [4.69, 9.17) is 5.11 Å². The Kier molecular flexibility index (Phi) is 1.84. The molecule has 0 fully saturated rings. The van der Waals surface area contributed by atoms with E-state index in [1.807, 2.05) is 0 Å². The van der Waals surface area contributed by atoms with Crippen LogP contribution in [0.3, 0.4) is 0 Å². The second kappa shape index (κ2) is 2.82. The highest BCUT2D eigenvalue weighted by molar-refractivity contribution is 5.91. The van der Waals surface area contributed by atoms with Gasteiger partial charge in [0.1, 0.15) is 6.26 Å². The summed E-state index contributed by atoms with van der Waals surface area (Å²) < 4.78 is 0. The molecule has 0 spiro atoms. The summed E-state index contributed by atoms with van der Waals surface area (Å²) in [6.45, 7) is 0. The first-order chi connectivity index (χ1) is 4.80. The molecule has 10 heavy (non-hydrogen) atoms. The number of nitrogens with zero attached hydrogens (tertiary/aromatic N) is 1.